The molecule has 1 heterocycles. The van der Waals surface area contributed by atoms with E-state index in [1.807, 2.05) is 0 Å². The lowest BCUT2D eigenvalue weighted by Crippen LogP contribution is -2.47. The fourth-order valence-electron chi connectivity index (χ4n) is 3.10. The van der Waals surface area contributed by atoms with Gasteiger partial charge < -0.3 is 10.1 Å². The first-order valence-corrected chi connectivity index (χ1v) is 9.27. The Morgan fingerprint density at radius 2 is 2.00 bits per heavy atom. The van der Waals surface area contributed by atoms with Gasteiger partial charge in [0, 0.05) is 18.4 Å². The standard InChI is InChI=1S/C16H31NOS/c1-16(2)9-12-19-13-15(16)17-10-6-11-18-14-7-4-3-5-8-14/h14-15,17H,3-13H2,1-2H3. The van der Waals surface area contributed by atoms with E-state index in [-0.39, 0.29) is 0 Å². The average Bonchev–Trinajstić information content (AvgIpc) is 2.41. The van der Waals surface area contributed by atoms with Gasteiger partial charge in [0.05, 0.1) is 6.10 Å². The minimum Gasteiger partial charge on any atom is -0.378 e. The van der Waals surface area contributed by atoms with Crippen LogP contribution in [0.2, 0.25) is 0 Å². The summed E-state index contributed by atoms with van der Waals surface area (Å²) in [5.41, 5.74) is 0.468. The lowest BCUT2D eigenvalue weighted by molar-refractivity contribution is 0.0267. The van der Waals surface area contributed by atoms with Gasteiger partial charge in [0.25, 0.3) is 0 Å². The van der Waals surface area contributed by atoms with Crippen molar-refractivity contribution >= 4 is 11.8 Å². The Hall–Kier alpha value is 0.270. The van der Waals surface area contributed by atoms with Crippen LogP contribution in [0.3, 0.4) is 0 Å². The number of hydrogen-bond donors (Lipinski definition) is 1. The first-order valence-electron chi connectivity index (χ1n) is 8.11. The van der Waals surface area contributed by atoms with Crippen LogP contribution in [0.1, 0.15) is 58.8 Å². The molecule has 0 spiro atoms. The summed E-state index contributed by atoms with van der Waals surface area (Å²) in [6, 6.07) is 0.681. The molecule has 1 saturated carbocycles. The Kier molecular flexibility index (Phi) is 6.51. The Bertz CT molecular complexity index is 251. The Labute approximate surface area is 123 Å². The third-order valence-corrected chi connectivity index (χ3v) is 5.80. The maximum Gasteiger partial charge on any atom is 0.0575 e. The number of ether oxygens (including phenoxy) is 1. The second-order valence-corrected chi connectivity index (χ2v) is 7.95. The molecule has 0 aromatic rings. The number of rotatable bonds is 6. The Morgan fingerprint density at radius 3 is 2.74 bits per heavy atom. The average molecular weight is 285 g/mol. The van der Waals surface area contributed by atoms with Crippen LogP contribution in [0.4, 0.5) is 0 Å². The van der Waals surface area contributed by atoms with Crippen molar-refractivity contribution < 1.29 is 4.74 Å². The molecular formula is C16H31NOS. The minimum atomic E-state index is 0.468. The summed E-state index contributed by atoms with van der Waals surface area (Å²) in [7, 11) is 0. The summed E-state index contributed by atoms with van der Waals surface area (Å²) in [5.74, 6) is 2.60. The van der Waals surface area contributed by atoms with Crippen molar-refractivity contribution in [2.45, 2.75) is 70.9 Å². The van der Waals surface area contributed by atoms with Crippen LogP contribution in [-0.2, 0) is 4.74 Å². The van der Waals surface area contributed by atoms with E-state index in [9.17, 15) is 0 Å². The van der Waals surface area contributed by atoms with Gasteiger partial charge in [-0.15, -0.1) is 0 Å². The fraction of sp³-hybridized carbons (Fsp3) is 1.00. The molecule has 0 aromatic heterocycles. The lowest BCUT2D eigenvalue weighted by atomic mass is 9.82. The van der Waals surface area contributed by atoms with Crippen molar-refractivity contribution in [2.24, 2.45) is 5.41 Å². The van der Waals surface area contributed by atoms with E-state index >= 15 is 0 Å². The van der Waals surface area contributed by atoms with Gasteiger partial charge in [0.2, 0.25) is 0 Å². The van der Waals surface area contributed by atoms with Gasteiger partial charge in [0.15, 0.2) is 0 Å². The van der Waals surface area contributed by atoms with Crippen LogP contribution in [0.15, 0.2) is 0 Å². The normalized spacial score (nSPS) is 28.4. The Morgan fingerprint density at radius 1 is 1.21 bits per heavy atom. The molecule has 2 fully saturated rings. The van der Waals surface area contributed by atoms with Gasteiger partial charge in [-0.25, -0.2) is 0 Å². The van der Waals surface area contributed by atoms with Crippen molar-refractivity contribution in [1.29, 1.82) is 0 Å². The SMILES string of the molecule is CC1(C)CCSCC1NCCCOC1CCCCC1. The van der Waals surface area contributed by atoms with Crippen molar-refractivity contribution in [3.8, 4) is 0 Å². The first-order chi connectivity index (χ1) is 9.18. The third kappa shape index (κ3) is 5.28. The summed E-state index contributed by atoms with van der Waals surface area (Å²) < 4.78 is 5.98. The zero-order chi connectivity index (χ0) is 13.6. The van der Waals surface area contributed by atoms with Crippen LogP contribution in [0, 0.1) is 5.41 Å². The van der Waals surface area contributed by atoms with E-state index in [0.29, 0.717) is 17.6 Å². The number of nitrogens with one attached hydrogen (secondary N) is 1. The van der Waals surface area contributed by atoms with E-state index in [4.69, 9.17) is 4.74 Å². The van der Waals surface area contributed by atoms with Crippen LogP contribution < -0.4 is 5.32 Å². The summed E-state index contributed by atoms with van der Waals surface area (Å²) in [6.45, 7) is 6.87. The molecule has 3 heteroatoms. The molecule has 0 radical (unpaired) electrons. The highest BCUT2D eigenvalue weighted by molar-refractivity contribution is 7.99. The summed E-state index contributed by atoms with van der Waals surface area (Å²) in [4.78, 5) is 0. The molecule has 1 N–H and O–H groups in total. The van der Waals surface area contributed by atoms with Gasteiger partial charge >= 0.3 is 0 Å². The van der Waals surface area contributed by atoms with Gasteiger partial charge in [-0.2, -0.15) is 11.8 Å². The second-order valence-electron chi connectivity index (χ2n) is 6.80. The maximum absolute atomic E-state index is 5.98. The lowest BCUT2D eigenvalue weighted by Gasteiger charge is -2.39. The molecule has 112 valence electrons. The highest BCUT2D eigenvalue weighted by atomic mass is 32.2. The highest BCUT2D eigenvalue weighted by Crippen LogP contribution is 2.34. The topological polar surface area (TPSA) is 21.3 Å². The van der Waals surface area contributed by atoms with E-state index in [1.54, 1.807) is 0 Å². The number of thioether (sulfide) groups is 1. The summed E-state index contributed by atoms with van der Waals surface area (Å²) in [5, 5.41) is 3.75. The molecule has 0 aromatic carbocycles. The van der Waals surface area contributed by atoms with Crippen molar-refractivity contribution in [3.05, 3.63) is 0 Å². The minimum absolute atomic E-state index is 0.468. The molecule has 2 aliphatic rings. The van der Waals surface area contributed by atoms with E-state index < -0.39 is 0 Å². The van der Waals surface area contributed by atoms with E-state index in [1.165, 1.54) is 50.0 Å². The van der Waals surface area contributed by atoms with Gasteiger partial charge in [-0.1, -0.05) is 33.1 Å². The third-order valence-electron chi connectivity index (χ3n) is 4.74. The second kappa shape index (κ2) is 7.90. The van der Waals surface area contributed by atoms with Crippen molar-refractivity contribution in [2.75, 3.05) is 24.7 Å². The largest absolute Gasteiger partial charge is 0.378 e. The summed E-state index contributed by atoms with van der Waals surface area (Å²) in [6.07, 6.45) is 9.81. The Balaban J connectivity index is 1.53. The molecule has 1 unspecified atom stereocenters. The molecule has 1 aliphatic heterocycles. The smallest absolute Gasteiger partial charge is 0.0575 e. The molecule has 1 aliphatic carbocycles. The van der Waals surface area contributed by atoms with Crippen molar-refractivity contribution in [3.63, 3.8) is 0 Å². The molecule has 0 bridgehead atoms. The predicted octanol–water partition coefficient (Wildman–Crippen LogP) is 3.85. The first kappa shape index (κ1) is 15.7. The molecular weight excluding hydrogens is 254 g/mol. The van der Waals surface area contributed by atoms with Crippen LogP contribution >= 0.6 is 11.8 Å². The van der Waals surface area contributed by atoms with Crippen LogP contribution in [0.25, 0.3) is 0 Å². The van der Waals surface area contributed by atoms with Crippen LogP contribution in [-0.4, -0.2) is 36.8 Å². The van der Waals surface area contributed by atoms with Crippen molar-refractivity contribution in [1.82, 2.24) is 5.32 Å². The molecule has 1 atom stereocenters. The number of hydrogen-bond acceptors (Lipinski definition) is 3. The highest BCUT2D eigenvalue weighted by Gasteiger charge is 2.31. The molecule has 0 amide bonds. The van der Waals surface area contributed by atoms with Crippen LogP contribution in [0.5, 0.6) is 0 Å². The summed E-state index contributed by atoms with van der Waals surface area (Å²) >= 11 is 2.10. The molecule has 1 saturated heterocycles. The quantitative estimate of drug-likeness (QED) is 0.749. The zero-order valence-corrected chi connectivity index (χ0v) is 13.6. The fourth-order valence-corrected chi connectivity index (χ4v) is 4.74. The maximum atomic E-state index is 5.98. The predicted molar refractivity (Wildman–Crippen MR) is 85.0 cm³/mol. The van der Waals surface area contributed by atoms with E-state index in [2.05, 4.69) is 30.9 Å². The van der Waals surface area contributed by atoms with Gasteiger partial charge in [0.1, 0.15) is 0 Å². The van der Waals surface area contributed by atoms with E-state index in [0.717, 1.165) is 19.6 Å². The van der Waals surface area contributed by atoms with Gasteiger partial charge in [-0.3, -0.25) is 0 Å². The molecule has 2 rings (SSSR count). The molecule has 2 nitrogen and oxygen atoms in total. The molecule has 19 heavy (non-hydrogen) atoms. The monoisotopic (exact) mass is 285 g/mol. The van der Waals surface area contributed by atoms with Gasteiger partial charge in [-0.05, 0) is 43.4 Å². The zero-order valence-electron chi connectivity index (χ0n) is 12.7.